The monoisotopic (exact) mass is 431 g/mol. The average Bonchev–Trinajstić information content (AvgIpc) is 2.66. The summed E-state index contributed by atoms with van der Waals surface area (Å²) in [5.74, 6) is 1.85. The highest BCUT2D eigenvalue weighted by Gasteiger charge is 2.10. The lowest BCUT2D eigenvalue weighted by Crippen LogP contribution is -2.03. The van der Waals surface area contributed by atoms with Crippen molar-refractivity contribution in [2.75, 3.05) is 28.7 Å². The molecule has 0 fully saturated rings. The van der Waals surface area contributed by atoms with Crippen LogP contribution in [-0.4, -0.2) is 23.3 Å². The fraction of sp³-hybridized carbons (Fsp3) is 0.111. The second-order valence-electron chi connectivity index (χ2n) is 5.19. The van der Waals surface area contributed by atoms with Crippen LogP contribution in [0.4, 0.5) is 28.8 Å². The highest BCUT2D eigenvalue weighted by molar-refractivity contribution is 9.10. The molecule has 0 atom stereocenters. The number of halogens is 1. The topological polar surface area (TPSA) is 71.1 Å². The van der Waals surface area contributed by atoms with Crippen LogP contribution in [0.5, 0.6) is 5.75 Å². The smallest absolute Gasteiger partial charge is 0.229 e. The van der Waals surface area contributed by atoms with Crippen LogP contribution in [0.3, 0.4) is 0 Å². The molecule has 0 spiro atoms. The van der Waals surface area contributed by atoms with E-state index < -0.39 is 0 Å². The summed E-state index contributed by atoms with van der Waals surface area (Å²) in [6.45, 7) is 0. The summed E-state index contributed by atoms with van der Waals surface area (Å²) >= 11 is 5.03. The summed E-state index contributed by atoms with van der Waals surface area (Å²) in [6.07, 6.45) is 3.68. The standard InChI is InChI=1S/C18H18BrN5OS/c1-25-16-10-6-5-9-15(16)22-18-20-11-12(19)17(23-18)21-13-7-3-4-8-14(13)24-26-2/h3-11,24H,1-2H3,(H2,20,21,22,23). The summed E-state index contributed by atoms with van der Waals surface area (Å²) in [7, 11) is 1.63. The highest BCUT2D eigenvalue weighted by atomic mass is 79.9. The SMILES string of the molecule is COc1ccccc1Nc1ncc(Br)c(Nc2ccccc2NSC)n1. The quantitative estimate of drug-likeness (QED) is 0.431. The van der Waals surface area contributed by atoms with Crippen molar-refractivity contribution in [3.63, 3.8) is 0 Å². The molecule has 0 unspecified atom stereocenters. The largest absolute Gasteiger partial charge is 0.495 e. The number of nitrogens with one attached hydrogen (secondary N) is 3. The number of rotatable bonds is 7. The third-order valence-corrected chi connectivity index (χ3v) is 4.49. The van der Waals surface area contributed by atoms with Crippen molar-refractivity contribution in [1.29, 1.82) is 0 Å². The lowest BCUT2D eigenvalue weighted by molar-refractivity contribution is 0.417. The number of nitrogens with zero attached hydrogens (tertiary/aromatic N) is 2. The molecule has 134 valence electrons. The number of para-hydroxylation sites is 4. The first-order chi connectivity index (χ1) is 12.7. The Morgan fingerprint density at radius 1 is 0.962 bits per heavy atom. The Balaban J connectivity index is 1.87. The molecule has 26 heavy (non-hydrogen) atoms. The lowest BCUT2D eigenvalue weighted by Gasteiger charge is -2.14. The summed E-state index contributed by atoms with van der Waals surface area (Å²) in [4.78, 5) is 8.89. The number of ether oxygens (including phenoxy) is 1. The van der Waals surface area contributed by atoms with Gasteiger partial charge in [-0.3, -0.25) is 0 Å². The number of anilines is 5. The minimum absolute atomic E-state index is 0.468. The van der Waals surface area contributed by atoms with Crippen molar-refractivity contribution in [3.8, 4) is 5.75 Å². The zero-order valence-electron chi connectivity index (χ0n) is 14.3. The molecular formula is C18H18BrN5OS. The van der Waals surface area contributed by atoms with Gasteiger partial charge < -0.3 is 20.1 Å². The fourth-order valence-corrected chi connectivity index (χ4v) is 2.99. The summed E-state index contributed by atoms with van der Waals surface area (Å²) < 4.78 is 9.37. The van der Waals surface area contributed by atoms with Gasteiger partial charge in [0, 0.05) is 12.5 Å². The van der Waals surface area contributed by atoms with E-state index in [2.05, 4.69) is 41.3 Å². The van der Waals surface area contributed by atoms with Crippen molar-refractivity contribution in [2.24, 2.45) is 0 Å². The Kier molecular flexibility index (Phi) is 6.19. The predicted molar refractivity (Wildman–Crippen MR) is 113 cm³/mol. The molecule has 3 aromatic rings. The average molecular weight is 432 g/mol. The van der Waals surface area contributed by atoms with Crippen LogP contribution in [-0.2, 0) is 0 Å². The lowest BCUT2D eigenvalue weighted by atomic mass is 10.2. The van der Waals surface area contributed by atoms with Crippen LogP contribution in [0.15, 0.2) is 59.2 Å². The molecule has 0 amide bonds. The molecule has 8 heteroatoms. The normalized spacial score (nSPS) is 10.3. The van der Waals surface area contributed by atoms with Gasteiger partial charge in [-0.1, -0.05) is 36.2 Å². The Bertz CT molecular complexity index is 893. The number of methoxy groups -OCH3 is 1. The van der Waals surface area contributed by atoms with Gasteiger partial charge in [-0.15, -0.1) is 0 Å². The van der Waals surface area contributed by atoms with Crippen LogP contribution < -0.4 is 20.1 Å². The van der Waals surface area contributed by atoms with E-state index in [1.165, 1.54) is 11.9 Å². The number of aromatic nitrogens is 2. The second-order valence-corrected chi connectivity index (χ2v) is 6.66. The maximum atomic E-state index is 5.36. The van der Waals surface area contributed by atoms with Crippen LogP contribution in [0, 0.1) is 0 Å². The van der Waals surface area contributed by atoms with E-state index in [0.717, 1.165) is 27.3 Å². The van der Waals surface area contributed by atoms with Crippen molar-refractivity contribution >= 4 is 56.7 Å². The maximum Gasteiger partial charge on any atom is 0.229 e. The molecule has 3 N–H and O–H groups in total. The van der Waals surface area contributed by atoms with Gasteiger partial charge in [0.2, 0.25) is 5.95 Å². The van der Waals surface area contributed by atoms with Crippen LogP contribution >= 0.6 is 27.9 Å². The third kappa shape index (κ3) is 4.39. The number of hydrogen-bond donors (Lipinski definition) is 3. The molecule has 3 rings (SSSR count). The molecule has 6 nitrogen and oxygen atoms in total. The molecule has 0 bridgehead atoms. The molecule has 1 aromatic heterocycles. The van der Waals surface area contributed by atoms with Crippen molar-refractivity contribution < 1.29 is 4.74 Å². The summed E-state index contributed by atoms with van der Waals surface area (Å²) in [5.41, 5.74) is 2.70. The number of benzene rings is 2. The molecular weight excluding hydrogens is 414 g/mol. The third-order valence-electron chi connectivity index (χ3n) is 3.49. The molecule has 0 aliphatic carbocycles. The van der Waals surface area contributed by atoms with E-state index >= 15 is 0 Å². The predicted octanol–water partition coefficient (Wildman–Crippen LogP) is 5.42. The Morgan fingerprint density at radius 3 is 2.38 bits per heavy atom. The molecule has 0 radical (unpaired) electrons. The maximum absolute atomic E-state index is 5.36. The van der Waals surface area contributed by atoms with E-state index in [-0.39, 0.29) is 0 Å². The van der Waals surface area contributed by atoms with Crippen molar-refractivity contribution in [3.05, 3.63) is 59.2 Å². The molecule has 0 saturated carbocycles. The summed E-state index contributed by atoms with van der Waals surface area (Å²) in [6, 6.07) is 15.6. The van der Waals surface area contributed by atoms with E-state index in [9.17, 15) is 0 Å². The first kappa shape index (κ1) is 18.3. The Labute approximate surface area is 165 Å². The zero-order chi connectivity index (χ0) is 18.4. The van der Waals surface area contributed by atoms with Gasteiger partial charge in [-0.2, -0.15) is 4.98 Å². The fourth-order valence-electron chi connectivity index (χ4n) is 2.30. The van der Waals surface area contributed by atoms with Crippen LogP contribution in [0.25, 0.3) is 0 Å². The van der Waals surface area contributed by atoms with Crippen molar-refractivity contribution in [2.45, 2.75) is 0 Å². The van der Waals surface area contributed by atoms with Crippen LogP contribution in [0.2, 0.25) is 0 Å². The molecule has 1 heterocycles. The first-order valence-corrected chi connectivity index (χ1v) is 9.80. The van der Waals surface area contributed by atoms with Crippen LogP contribution in [0.1, 0.15) is 0 Å². The molecule has 0 saturated heterocycles. The van der Waals surface area contributed by atoms with E-state index in [1.807, 2.05) is 54.8 Å². The Hall–Kier alpha value is -2.45. The van der Waals surface area contributed by atoms with Crippen molar-refractivity contribution in [1.82, 2.24) is 9.97 Å². The van der Waals surface area contributed by atoms with Gasteiger partial charge in [0.05, 0.1) is 28.6 Å². The van der Waals surface area contributed by atoms with E-state index in [0.29, 0.717) is 11.8 Å². The van der Waals surface area contributed by atoms with Gasteiger partial charge in [0.25, 0.3) is 0 Å². The van der Waals surface area contributed by atoms with Gasteiger partial charge in [0.1, 0.15) is 11.6 Å². The van der Waals surface area contributed by atoms with Gasteiger partial charge in [-0.25, -0.2) is 4.98 Å². The van der Waals surface area contributed by atoms with Gasteiger partial charge in [0.15, 0.2) is 0 Å². The summed E-state index contributed by atoms with van der Waals surface area (Å²) in [5, 5.41) is 6.52. The minimum Gasteiger partial charge on any atom is -0.495 e. The van der Waals surface area contributed by atoms with E-state index in [4.69, 9.17) is 4.74 Å². The number of hydrogen-bond acceptors (Lipinski definition) is 7. The molecule has 0 aliphatic rings. The van der Waals surface area contributed by atoms with E-state index in [1.54, 1.807) is 13.3 Å². The molecule has 2 aromatic carbocycles. The second kappa shape index (κ2) is 8.77. The Morgan fingerprint density at radius 2 is 1.65 bits per heavy atom. The van der Waals surface area contributed by atoms with Gasteiger partial charge >= 0.3 is 0 Å². The first-order valence-electron chi connectivity index (χ1n) is 7.79. The zero-order valence-corrected chi connectivity index (χ0v) is 16.7. The highest BCUT2D eigenvalue weighted by Crippen LogP contribution is 2.31. The van der Waals surface area contributed by atoms with Gasteiger partial charge in [-0.05, 0) is 40.2 Å². The minimum atomic E-state index is 0.468. The molecule has 0 aliphatic heterocycles.